The van der Waals surface area contributed by atoms with Gasteiger partial charge < -0.3 is 9.30 Å². The molecule has 4 heteroatoms. The number of hydrogen-bond donors (Lipinski definition) is 0. The van der Waals surface area contributed by atoms with E-state index in [0.29, 0.717) is 23.2 Å². The number of benzene rings is 1. The van der Waals surface area contributed by atoms with Crippen LogP contribution in [0.3, 0.4) is 0 Å². The third-order valence-electron chi connectivity index (χ3n) is 6.19. The van der Waals surface area contributed by atoms with Gasteiger partial charge in [0, 0.05) is 12.1 Å². The molecule has 1 atom stereocenters. The highest BCUT2D eigenvalue weighted by Crippen LogP contribution is 2.45. The van der Waals surface area contributed by atoms with Crippen molar-refractivity contribution in [1.82, 2.24) is 4.57 Å². The lowest BCUT2D eigenvalue weighted by atomic mass is 9.91. The zero-order valence-corrected chi connectivity index (χ0v) is 19.6. The summed E-state index contributed by atoms with van der Waals surface area (Å²) in [6.07, 6.45) is 7.41. The molecule has 1 aliphatic rings. The summed E-state index contributed by atoms with van der Waals surface area (Å²) in [6, 6.07) is 10.4. The second-order valence-corrected chi connectivity index (χ2v) is 14.5. The van der Waals surface area contributed by atoms with Crippen molar-refractivity contribution in [2.24, 2.45) is 5.92 Å². The van der Waals surface area contributed by atoms with Crippen molar-refractivity contribution >= 4 is 14.2 Å². The Balaban J connectivity index is 2.46. The first-order chi connectivity index (χ1) is 13.2. The van der Waals surface area contributed by atoms with E-state index >= 15 is 0 Å². The lowest BCUT2D eigenvalue weighted by molar-refractivity contribution is -0.139. The number of nitrogens with zero attached hydrogens (tertiary/aromatic N) is 1. The molecule has 1 aromatic rings. The van der Waals surface area contributed by atoms with Gasteiger partial charge in [0.15, 0.2) is 8.24 Å². The normalized spacial score (nSPS) is 17.4. The highest BCUT2D eigenvalue weighted by molar-refractivity contribution is 6.81. The number of carbonyl (C=O) groups is 1. The van der Waals surface area contributed by atoms with Crippen molar-refractivity contribution in [2.45, 2.75) is 71.5 Å². The summed E-state index contributed by atoms with van der Waals surface area (Å²) >= 11 is 0. The van der Waals surface area contributed by atoms with Crippen LogP contribution in [0.5, 0.6) is 0 Å². The standard InChI is InChI=1S/C24H37NO2Si/c1-8-27-24(26)23-17-25(28(18(2)3,19(4)5)20(6)7)15-14-22(23)16-21-12-10-9-11-13-21/h9-15,17-20,22H,8,16H2,1-7H3. The fourth-order valence-electron chi connectivity index (χ4n) is 5.19. The summed E-state index contributed by atoms with van der Waals surface area (Å²) in [7, 11) is -1.90. The van der Waals surface area contributed by atoms with E-state index in [9.17, 15) is 4.79 Å². The molecule has 28 heavy (non-hydrogen) atoms. The van der Waals surface area contributed by atoms with E-state index in [1.807, 2.05) is 13.0 Å². The van der Waals surface area contributed by atoms with Crippen molar-refractivity contribution in [3.8, 4) is 0 Å². The lowest BCUT2D eigenvalue weighted by Crippen LogP contribution is -2.56. The maximum Gasteiger partial charge on any atom is 0.336 e. The molecule has 3 nitrogen and oxygen atoms in total. The van der Waals surface area contributed by atoms with Gasteiger partial charge in [-0.2, -0.15) is 0 Å². The average molecular weight is 400 g/mol. The summed E-state index contributed by atoms with van der Waals surface area (Å²) < 4.78 is 7.87. The maximum absolute atomic E-state index is 12.8. The zero-order chi connectivity index (χ0) is 20.9. The summed E-state index contributed by atoms with van der Waals surface area (Å²) in [6.45, 7) is 16.3. The number of allylic oxidation sites excluding steroid dienone is 1. The molecule has 1 heterocycles. The first-order valence-electron chi connectivity index (χ1n) is 10.6. The van der Waals surface area contributed by atoms with E-state index in [2.05, 4.69) is 88.8 Å². The smallest absolute Gasteiger partial charge is 0.336 e. The highest BCUT2D eigenvalue weighted by atomic mass is 28.3. The van der Waals surface area contributed by atoms with Gasteiger partial charge in [0.1, 0.15) is 0 Å². The van der Waals surface area contributed by atoms with Crippen LogP contribution in [0.25, 0.3) is 0 Å². The summed E-state index contributed by atoms with van der Waals surface area (Å²) in [5, 5.41) is 0. The van der Waals surface area contributed by atoms with Crippen molar-refractivity contribution in [3.63, 3.8) is 0 Å². The van der Waals surface area contributed by atoms with Crippen LogP contribution < -0.4 is 0 Å². The van der Waals surface area contributed by atoms with Crippen LogP contribution >= 0.6 is 0 Å². The van der Waals surface area contributed by atoms with Crippen molar-refractivity contribution in [2.75, 3.05) is 6.61 Å². The predicted molar refractivity (Wildman–Crippen MR) is 120 cm³/mol. The Labute approximate surface area is 172 Å². The molecule has 0 spiro atoms. The minimum absolute atomic E-state index is 0.0517. The van der Waals surface area contributed by atoms with Gasteiger partial charge in [-0.3, -0.25) is 0 Å². The quantitative estimate of drug-likeness (QED) is 0.379. The monoisotopic (exact) mass is 399 g/mol. The molecular formula is C24H37NO2Si. The summed E-state index contributed by atoms with van der Waals surface area (Å²) in [5.74, 6) is -0.132. The molecule has 0 bridgehead atoms. The third kappa shape index (κ3) is 4.43. The van der Waals surface area contributed by atoms with Gasteiger partial charge in [-0.05, 0) is 41.7 Å². The minimum atomic E-state index is -1.90. The first-order valence-corrected chi connectivity index (χ1v) is 12.8. The Morgan fingerprint density at radius 1 is 1.04 bits per heavy atom. The number of esters is 1. The molecule has 1 unspecified atom stereocenters. The highest BCUT2D eigenvalue weighted by Gasteiger charge is 2.48. The molecule has 0 saturated carbocycles. The summed E-state index contributed by atoms with van der Waals surface area (Å²) in [4.78, 5) is 12.8. The molecular weight excluding hydrogens is 362 g/mol. The fourth-order valence-corrected chi connectivity index (χ4v) is 11.7. The van der Waals surface area contributed by atoms with Gasteiger partial charge >= 0.3 is 5.97 Å². The van der Waals surface area contributed by atoms with E-state index in [4.69, 9.17) is 4.74 Å². The van der Waals surface area contributed by atoms with E-state index in [1.165, 1.54) is 5.56 Å². The number of rotatable bonds is 8. The number of carbonyl (C=O) groups excluding carboxylic acids is 1. The molecule has 0 aliphatic carbocycles. The Bertz CT molecular complexity index is 685. The third-order valence-corrected chi connectivity index (χ3v) is 12.9. The lowest BCUT2D eigenvalue weighted by Gasteiger charge is -2.50. The van der Waals surface area contributed by atoms with E-state index in [0.717, 1.165) is 12.0 Å². The largest absolute Gasteiger partial charge is 0.463 e. The van der Waals surface area contributed by atoms with Crippen molar-refractivity contribution < 1.29 is 9.53 Å². The van der Waals surface area contributed by atoms with Crippen LogP contribution in [-0.2, 0) is 16.0 Å². The molecule has 2 rings (SSSR count). The molecule has 0 aromatic heterocycles. The molecule has 0 radical (unpaired) electrons. The fraction of sp³-hybridized carbons (Fsp3) is 0.542. The van der Waals surface area contributed by atoms with E-state index < -0.39 is 8.24 Å². The molecule has 1 aromatic carbocycles. The van der Waals surface area contributed by atoms with E-state index in [-0.39, 0.29) is 11.9 Å². The minimum Gasteiger partial charge on any atom is -0.463 e. The topological polar surface area (TPSA) is 29.5 Å². The first kappa shape index (κ1) is 22.5. The van der Waals surface area contributed by atoms with Gasteiger partial charge in [0.25, 0.3) is 0 Å². The van der Waals surface area contributed by atoms with Gasteiger partial charge in [0.05, 0.1) is 12.2 Å². The van der Waals surface area contributed by atoms with Crippen LogP contribution in [-0.4, -0.2) is 25.4 Å². The van der Waals surface area contributed by atoms with Crippen LogP contribution in [0, 0.1) is 5.92 Å². The molecule has 0 saturated heterocycles. The van der Waals surface area contributed by atoms with Crippen molar-refractivity contribution in [3.05, 3.63) is 59.9 Å². The Morgan fingerprint density at radius 3 is 2.11 bits per heavy atom. The second-order valence-electron chi connectivity index (χ2n) is 8.70. The van der Waals surface area contributed by atoms with Gasteiger partial charge in [0.2, 0.25) is 0 Å². The molecule has 0 fully saturated rings. The molecule has 1 aliphatic heterocycles. The van der Waals surface area contributed by atoms with Gasteiger partial charge in [-0.1, -0.05) is 78.0 Å². The molecule has 0 amide bonds. The van der Waals surface area contributed by atoms with Crippen LogP contribution in [0.1, 0.15) is 54.0 Å². The number of ether oxygens (including phenoxy) is 1. The van der Waals surface area contributed by atoms with Gasteiger partial charge in [-0.25, -0.2) is 4.79 Å². The Kier molecular flexibility index (Phi) is 7.70. The Morgan fingerprint density at radius 2 is 1.61 bits per heavy atom. The Hall–Kier alpha value is -1.81. The maximum atomic E-state index is 12.8. The van der Waals surface area contributed by atoms with Crippen LogP contribution in [0.4, 0.5) is 0 Å². The van der Waals surface area contributed by atoms with Crippen LogP contribution in [0.2, 0.25) is 16.6 Å². The van der Waals surface area contributed by atoms with Crippen molar-refractivity contribution in [1.29, 1.82) is 0 Å². The SMILES string of the molecule is CCOC(=O)C1=CN([Si](C(C)C)(C(C)C)C(C)C)C=CC1Cc1ccccc1. The van der Waals surface area contributed by atoms with Crippen LogP contribution in [0.15, 0.2) is 54.4 Å². The summed E-state index contributed by atoms with van der Waals surface area (Å²) in [5.41, 5.74) is 3.74. The second kappa shape index (κ2) is 9.60. The van der Waals surface area contributed by atoms with Gasteiger partial charge in [-0.15, -0.1) is 0 Å². The zero-order valence-electron chi connectivity index (χ0n) is 18.6. The average Bonchev–Trinajstić information content (AvgIpc) is 2.63. The number of hydrogen-bond acceptors (Lipinski definition) is 3. The van der Waals surface area contributed by atoms with E-state index in [1.54, 1.807) is 0 Å². The predicted octanol–water partition coefficient (Wildman–Crippen LogP) is 6.30. The molecule has 0 N–H and O–H groups in total. The molecule has 154 valence electrons.